The van der Waals surface area contributed by atoms with E-state index in [9.17, 15) is 14.4 Å². The first-order valence-electron chi connectivity index (χ1n) is 10.5. The smallest absolute Gasteiger partial charge is 0.266 e. The van der Waals surface area contributed by atoms with E-state index in [2.05, 4.69) is 43.6 Å². The van der Waals surface area contributed by atoms with Crippen LogP contribution in [-0.2, 0) is 4.79 Å². The summed E-state index contributed by atoms with van der Waals surface area (Å²) < 4.78 is 13.2. The van der Waals surface area contributed by atoms with Crippen LogP contribution < -0.4 is 10.6 Å². The SMILES string of the molecule is CC1(C)CC(N)CC(C)(C)N1/C=C(/C#N)C(=O)N1CCN(c2ccc(F)cc2)CC1. The van der Waals surface area contributed by atoms with Gasteiger partial charge in [-0.25, -0.2) is 4.39 Å². The molecule has 30 heavy (non-hydrogen) atoms. The van der Waals surface area contributed by atoms with Gasteiger partial charge in [0.15, 0.2) is 0 Å². The number of rotatable bonds is 3. The normalized spacial score (nSPS) is 22.0. The molecule has 0 aliphatic carbocycles. The molecule has 3 rings (SSSR count). The highest BCUT2D eigenvalue weighted by molar-refractivity contribution is 5.97. The van der Waals surface area contributed by atoms with Crippen molar-refractivity contribution in [1.82, 2.24) is 9.80 Å². The molecular formula is C23H32FN5O. The van der Waals surface area contributed by atoms with Crippen LogP contribution in [0.2, 0.25) is 0 Å². The highest BCUT2D eigenvalue weighted by Gasteiger charge is 2.43. The Kier molecular flexibility index (Phi) is 6.09. The van der Waals surface area contributed by atoms with Crippen molar-refractivity contribution in [3.63, 3.8) is 0 Å². The van der Waals surface area contributed by atoms with Crippen molar-refractivity contribution in [1.29, 1.82) is 5.26 Å². The van der Waals surface area contributed by atoms with Crippen molar-refractivity contribution in [3.05, 3.63) is 41.9 Å². The second-order valence-electron chi connectivity index (χ2n) is 9.57. The number of nitriles is 1. The highest BCUT2D eigenvalue weighted by atomic mass is 19.1. The molecule has 0 unspecified atom stereocenters. The summed E-state index contributed by atoms with van der Waals surface area (Å²) in [6.45, 7) is 10.7. The summed E-state index contributed by atoms with van der Waals surface area (Å²) in [5.74, 6) is -0.501. The minimum absolute atomic E-state index is 0.0976. The zero-order valence-corrected chi connectivity index (χ0v) is 18.4. The third kappa shape index (κ3) is 4.59. The molecule has 2 heterocycles. The summed E-state index contributed by atoms with van der Waals surface area (Å²) in [5.41, 5.74) is 6.85. The number of hydrogen-bond donors (Lipinski definition) is 1. The van der Waals surface area contributed by atoms with Crippen molar-refractivity contribution in [2.45, 2.75) is 57.7 Å². The van der Waals surface area contributed by atoms with E-state index in [0.29, 0.717) is 26.2 Å². The number of likely N-dealkylation sites (tertiary alicyclic amines) is 1. The number of hydrogen-bond acceptors (Lipinski definition) is 5. The molecule has 0 atom stereocenters. The topological polar surface area (TPSA) is 76.6 Å². The van der Waals surface area contributed by atoms with Crippen LogP contribution >= 0.6 is 0 Å². The van der Waals surface area contributed by atoms with Crippen LogP contribution in [-0.4, -0.2) is 59.0 Å². The molecule has 2 aliphatic rings. The van der Waals surface area contributed by atoms with Crippen LogP contribution in [0, 0.1) is 17.1 Å². The second-order valence-corrected chi connectivity index (χ2v) is 9.57. The Morgan fingerprint density at radius 3 is 2.13 bits per heavy atom. The first-order chi connectivity index (χ1) is 14.0. The molecule has 0 aromatic heterocycles. The van der Waals surface area contributed by atoms with Crippen LogP contribution in [0.25, 0.3) is 0 Å². The molecular weight excluding hydrogens is 381 g/mol. The number of nitrogens with two attached hydrogens (primary N) is 1. The number of carbonyl (C=O) groups is 1. The van der Waals surface area contributed by atoms with Crippen LogP contribution in [0.1, 0.15) is 40.5 Å². The van der Waals surface area contributed by atoms with E-state index in [4.69, 9.17) is 5.73 Å². The Bertz CT molecular complexity index is 829. The average Bonchev–Trinajstić information content (AvgIpc) is 2.67. The number of anilines is 1. The van der Waals surface area contributed by atoms with Gasteiger partial charge in [-0.05, 0) is 64.8 Å². The Morgan fingerprint density at radius 1 is 1.10 bits per heavy atom. The monoisotopic (exact) mass is 413 g/mol. The lowest BCUT2D eigenvalue weighted by Crippen LogP contribution is -2.61. The fourth-order valence-corrected chi connectivity index (χ4v) is 4.97. The van der Waals surface area contributed by atoms with Gasteiger partial charge < -0.3 is 20.4 Å². The van der Waals surface area contributed by atoms with E-state index in [1.165, 1.54) is 12.1 Å². The minimum atomic E-state index is -0.263. The first-order valence-corrected chi connectivity index (χ1v) is 10.5. The van der Waals surface area contributed by atoms with Gasteiger partial charge in [-0.1, -0.05) is 0 Å². The van der Waals surface area contributed by atoms with E-state index < -0.39 is 0 Å². The lowest BCUT2D eigenvalue weighted by molar-refractivity contribution is -0.127. The van der Waals surface area contributed by atoms with Gasteiger partial charge in [-0.15, -0.1) is 0 Å². The van der Waals surface area contributed by atoms with Gasteiger partial charge in [-0.2, -0.15) is 5.26 Å². The molecule has 2 fully saturated rings. The van der Waals surface area contributed by atoms with Crippen LogP contribution in [0.5, 0.6) is 0 Å². The summed E-state index contributed by atoms with van der Waals surface area (Å²) in [5, 5.41) is 9.74. The summed E-state index contributed by atoms with van der Waals surface area (Å²) >= 11 is 0. The fraction of sp³-hybridized carbons (Fsp3) is 0.565. The summed E-state index contributed by atoms with van der Waals surface area (Å²) in [6, 6.07) is 8.60. The Morgan fingerprint density at radius 2 is 1.63 bits per heavy atom. The fourth-order valence-electron chi connectivity index (χ4n) is 4.97. The summed E-state index contributed by atoms with van der Waals surface area (Å²) in [4.78, 5) is 19.1. The molecule has 7 heteroatoms. The highest BCUT2D eigenvalue weighted by Crippen LogP contribution is 2.38. The molecule has 162 valence electrons. The molecule has 1 amide bonds. The van der Waals surface area contributed by atoms with Crippen LogP contribution in [0.15, 0.2) is 36.0 Å². The van der Waals surface area contributed by atoms with Crippen LogP contribution in [0.4, 0.5) is 10.1 Å². The Balaban J connectivity index is 1.72. The number of carbonyl (C=O) groups excluding carboxylic acids is 1. The molecule has 0 radical (unpaired) electrons. The standard InChI is InChI=1S/C23H32FN5O/c1-22(2)13-19(26)14-23(3,4)29(22)16-17(15-25)21(30)28-11-9-27(10-12-28)20-7-5-18(24)6-8-20/h5-8,16,19H,9-14,26H2,1-4H3/b17-16-. The maximum Gasteiger partial charge on any atom is 0.266 e. The van der Waals surface area contributed by atoms with Crippen molar-refractivity contribution in [3.8, 4) is 6.07 Å². The van der Waals surface area contributed by atoms with E-state index in [-0.39, 0.29) is 34.4 Å². The molecule has 0 bridgehead atoms. The predicted octanol–water partition coefficient (Wildman–Crippen LogP) is 2.86. The molecule has 1 aromatic rings. The average molecular weight is 414 g/mol. The lowest BCUT2D eigenvalue weighted by Gasteiger charge is -2.54. The third-order valence-corrected chi connectivity index (χ3v) is 6.20. The quantitative estimate of drug-likeness (QED) is 0.609. The van der Waals surface area contributed by atoms with Gasteiger partial charge >= 0.3 is 0 Å². The maximum absolute atomic E-state index is 13.2. The second kappa shape index (κ2) is 8.27. The number of piperidine rings is 1. The maximum atomic E-state index is 13.2. The van der Waals surface area contributed by atoms with Gasteiger partial charge in [0.25, 0.3) is 5.91 Å². The first kappa shape index (κ1) is 22.1. The number of nitrogens with zero attached hydrogens (tertiary/aromatic N) is 4. The molecule has 6 nitrogen and oxygen atoms in total. The number of amides is 1. The molecule has 1 aromatic carbocycles. The number of piperazine rings is 1. The lowest BCUT2D eigenvalue weighted by atomic mass is 9.77. The Hall–Kier alpha value is -2.59. The molecule has 0 spiro atoms. The van der Waals surface area contributed by atoms with Crippen molar-refractivity contribution in [2.24, 2.45) is 5.73 Å². The molecule has 0 saturated carbocycles. The van der Waals surface area contributed by atoms with Crippen molar-refractivity contribution in [2.75, 3.05) is 31.1 Å². The number of benzene rings is 1. The van der Waals surface area contributed by atoms with Crippen molar-refractivity contribution >= 4 is 11.6 Å². The van der Waals surface area contributed by atoms with Gasteiger partial charge in [0.05, 0.1) is 0 Å². The predicted molar refractivity (Wildman–Crippen MR) is 116 cm³/mol. The van der Waals surface area contributed by atoms with Gasteiger partial charge in [0.1, 0.15) is 17.5 Å². The van der Waals surface area contributed by atoms with E-state index >= 15 is 0 Å². The van der Waals surface area contributed by atoms with E-state index in [1.54, 1.807) is 23.2 Å². The van der Waals surface area contributed by atoms with Crippen molar-refractivity contribution < 1.29 is 9.18 Å². The van der Waals surface area contributed by atoms with Gasteiger partial charge in [-0.3, -0.25) is 4.79 Å². The molecule has 2 aliphatic heterocycles. The van der Waals surface area contributed by atoms with E-state index in [0.717, 1.165) is 18.5 Å². The van der Waals surface area contributed by atoms with Gasteiger partial charge in [0, 0.05) is 55.2 Å². The van der Waals surface area contributed by atoms with E-state index in [1.807, 2.05) is 0 Å². The summed E-state index contributed by atoms with van der Waals surface area (Å²) in [7, 11) is 0. The zero-order chi connectivity index (χ0) is 22.1. The third-order valence-electron chi connectivity index (χ3n) is 6.20. The Labute approximate surface area is 178 Å². The summed E-state index contributed by atoms with van der Waals surface area (Å²) in [6.07, 6.45) is 3.34. The minimum Gasteiger partial charge on any atom is -0.368 e. The van der Waals surface area contributed by atoms with Gasteiger partial charge in [0.2, 0.25) is 0 Å². The molecule has 2 N–H and O–H groups in total. The largest absolute Gasteiger partial charge is 0.368 e. The number of halogens is 1. The van der Waals surface area contributed by atoms with Crippen LogP contribution in [0.3, 0.4) is 0 Å². The molecule has 2 saturated heterocycles. The zero-order valence-electron chi connectivity index (χ0n) is 18.4.